The van der Waals surface area contributed by atoms with Gasteiger partial charge in [0.25, 0.3) is 5.91 Å². The van der Waals surface area contributed by atoms with Gasteiger partial charge in [-0.15, -0.1) is 0 Å². The van der Waals surface area contributed by atoms with Crippen molar-refractivity contribution >= 4 is 17.7 Å². The van der Waals surface area contributed by atoms with Crippen LogP contribution < -0.4 is 5.32 Å². The van der Waals surface area contributed by atoms with E-state index in [-0.39, 0.29) is 24.2 Å². The maximum absolute atomic E-state index is 13.1. The van der Waals surface area contributed by atoms with Gasteiger partial charge >= 0.3 is 5.97 Å². The van der Waals surface area contributed by atoms with Crippen LogP contribution in [-0.2, 0) is 14.3 Å². The summed E-state index contributed by atoms with van der Waals surface area (Å²) in [7, 11) is 1.15. The van der Waals surface area contributed by atoms with Crippen molar-refractivity contribution in [3.8, 4) is 0 Å². The van der Waals surface area contributed by atoms with E-state index in [1.54, 1.807) is 0 Å². The largest absolute Gasteiger partial charge is 0.467 e. The van der Waals surface area contributed by atoms with E-state index in [9.17, 15) is 23.2 Å². The normalized spacial score (nSPS) is 11.6. The number of benzene rings is 1. The highest BCUT2D eigenvalue weighted by Gasteiger charge is 2.22. The molecular weight excluding hydrogens is 284 g/mol. The van der Waals surface area contributed by atoms with Crippen molar-refractivity contribution in [3.05, 3.63) is 35.4 Å². The molecule has 1 N–H and O–H groups in total. The number of amides is 1. The second-order valence-electron chi connectivity index (χ2n) is 4.42. The standard InChI is InChI=1S/C14H15F2NO4/c1-8(18)3-6-12(14(20)21-2)17-13(19)9-4-5-10(15)11(16)7-9/h4-5,7,12H,3,6H2,1-2H3,(H,17,19)/t12-/m1/s1. The van der Waals surface area contributed by atoms with Crippen molar-refractivity contribution in [2.24, 2.45) is 0 Å². The smallest absolute Gasteiger partial charge is 0.328 e. The van der Waals surface area contributed by atoms with Gasteiger partial charge in [-0.3, -0.25) is 4.79 Å². The molecule has 0 radical (unpaired) electrons. The van der Waals surface area contributed by atoms with Crippen molar-refractivity contribution < 1.29 is 27.9 Å². The lowest BCUT2D eigenvalue weighted by Crippen LogP contribution is -2.41. The van der Waals surface area contributed by atoms with Gasteiger partial charge in [-0.1, -0.05) is 0 Å². The lowest BCUT2D eigenvalue weighted by molar-refractivity contribution is -0.143. The van der Waals surface area contributed by atoms with E-state index >= 15 is 0 Å². The van der Waals surface area contributed by atoms with E-state index in [0.717, 1.165) is 25.3 Å². The van der Waals surface area contributed by atoms with Crippen LogP contribution in [0, 0.1) is 11.6 Å². The average molecular weight is 299 g/mol. The number of carbonyl (C=O) groups is 3. The third-order valence-corrected chi connectivity index (χ3v) is 2.76. The maximum Gasteiger partial charge on any atom is 0.328 e. The topological polar surface area (TPSA) is 72.5 Å². The highest BCUT2D eigenvalue weighted by atomic mass is 19.2. The summed E-state index contributed by atoms with van der Waals surface area (Å²) in [4.78, 5) is 34.4. The van der Waals surface area contributed by atoms with Gasteiger partial charge in [0.1, 0.15) is 11.8 Å². The van der Waals surface area contributed by atoms with Gasteiger partial charge in [-0.2, -0.15) is 0 Å². The third kappa shape index (κ3) is 4.94. The Kier molecular flexibility index (Phi) is 5.95. The summed E-state index contributed by atoms with van der Waals surface area (Å²) in [6.07, 6.45) is 0.148. The van der Waals surface area contributed by atoms with Crippen molar-refractivity contribution in [1.29, 1.82) is 0 Å². The molecule has 1 amide bonds. The van der Waals surface area contributed by atoms with Gasteiger partial charge in [0, 0.05) is 12.0 Å². The highest BCUT2D eigenvalue weighted by Crippen LogP contribution is 2.10. The number of methoxy groups -OCH3 is 1. The van der Waals surface area contributed by atoms with Crippen LogP contribution in [0.5, 0.6) is 0 Å². The Morgan fingerprint density at radius 1 is 1.24 bits per heavy atom. The van der Waals surface area contributed by atoms with Crippen molar-refractivity contribution in [3.63, 3.8) is 0 Å². The van der Waals surface area contributed by atoms with Crippen molar-refractivity contribution in [2.75, 3.05) is 7.11 Å². The number of hydrogen-bond donors (Lipinski definition) is 1. The van der Waals surface area contributed by atoms with Crippen LogP contribution in [0.25, 0.3) is 0 Å². The van der Waals surface area contributed by atoms with Crippen molar-refractivity contribution in [2.45, 2.75) is 25.8 Å². The molecule has 0 aliphatic rings. The molecule has 0 spiro atoms. The molecule has 0 aromatic heterocycles. The quantitative estimate of drug-likeness (QED) is 0.810. The number of Topliss-reactive ketones (excluding diaryl/α,β-unsaturated/α-hetero) is 1. The molecule has 0 bridgehead atoms. The summed E-state index contributed by atoms with van der Waals surface area (Å²) in [6, 6.07) is 1.60. The minimum absolute atomic E-state index is 0.0669. The van der Waals surface area contributed by atoms with E-state index in [2.05, 4.69) is 10.1 Å². The summed E-state index contributed by atoms with van der Waals surface area (Å²) < 4.78 is 30.4. The molecule has 0 fully saturated rings. The number of carbonyl (C=O) groups excluding carboxylic acids is 3. The molecule has 1 atom stereocenters. The lowest BCUT2D eigenvalue weighted by Gasteiger charge is -2.16. The zero-order chi connectivity index (χ0) is 16.0. The van der Waals surface area contributed by atoms with Crippen LogP contribution >= 0.6 is 0 Å². The Balaban J connectivity index is 2.81. The van der Waals surface area contributed by atoms with E-state index in [4.69, 9.17) is 0 Å². The summed E-state index contributed by atoms with van der Waals surface area (Å²) in [5.74, 6) is -3.86. The molecule has 0 aliphatic carbocycles. The molecule has 114 valence electrons. The molecule has 0 heterocycles. The van der Waals surface area contributed by atoms with E-state index < -0.39 is 29.6 Å². The second-order valence-corrected chi connectivity index (χ2v) is 4.42. The van der Waals surface area contributed by atoms with Crippen LogP contribution in [0.1, 0.15) is 30.1 Å². The number of esters is 1. The molecule has 0 unspecified atom stereocenters. The zero-order valence-corrected chi connectivity index (χ0v) is 11.6. The van der Waals surface area contributed by atoms with Gasteiger partial charge in [0.2, 0.25) is 0 Å². The summed E-state index contributed by atoms with van der Waals surface area (Å²) in [5.41, 5.74) is -0.134. The fourth-order valence-corrected chi connectivity index (χ4v) is 1.62. The molecule has 0 saturated carbocycles. The number of ether oxygens (including phenoxy) is 1. The molecule has 0 saturated heterocycles. The zero-order valence-electron chi connectivity index (χ0n) is 11.6. The summed E-state index contributed by atoms with van der Waals surface area (Å²) >= 11 is 0. The Labute approximate surface area is 120 Å². The van der Waals surface area contributed by atoms with Crippen molar-refractivity contribution in [1.82, 2.24) is 5.32 Å². The number of hydrogen-bond acceptors (Lipinski definition) is 4. The van der Waals surface area contributed by atoms with Crippen LogP contribution in [0.15, 0.2) is 18.2 Å². The van der Waals surface area contributed by atoms with Crippen LogP contribution in [-0.4, -0.2) is 30.8 Å². The van der Waals surface area contributed by atoms with Gasteiger partial charge in [-0.05, 0) is 31.5 Å². The SMILES string of the molecule is COC(=O)[C@@H](CCC(C)=O)NC(=O)c1ccc(F)c(F)c1. The first-order valence-corrected chi connectivity index (χ1v) is 6.18. The van der Waals surface area contributed by atoms with Gasteiger partial charge in [-0.25, -0.2) is 13.6 Å². The van der Waals surface area contributed by atoms with E-state index in [0.29, 0.717) is 0 Å². The first-order valence-electron chi connectivity index (χ1n) is 6.18. The van der Waals surface area contributed by atoms with E-state index in [1.807, 2.05) is 0 Å². The summed E-state index contributed by atoms with van der Waals surface area (Å²) in [5, 5.41) is 2.33. The molecule has 1 rings (SSSR count). The fourth-order valence-electron chi connectivity index (χ4n) is 1.62. The molecule has 5 nitrogen and oxygen atoms in total. The average Bonchev–Trinajstić information content (AvgIpc) is 2.44. The second kappa shape index (κ2) is 7.47. The minimum Gasteiger partial charge on any atom is -0.467 e. The monoisotopic (exact) mass is 299 g/mol. The predicted molar refractivity (Wildman–Crippen MR) is 69.5 cm³/mol. The predicted octanol–water partition coefficient (Wildman–Crippen LogP) is 1.61. The van der Waals surface area contributed by atoms with Crippen LogP contribution in [0.3, 0.4) is 0 Å². The first kappa shape index (κ1) is 16.7. The third-order valence-electron chi connectivity index (χ3n) is 2.76. The van der Waals surface area contributed by atoms with Gasteiger partial charge < -0.3 is 14.8 Å². The minimum atomic E-state index is -1.17. The lowest BCUT2D eigenvalue weighted by atomic mass is 10.1. The number of nitrogens with one attached hydrogen (secondary N) is 1. The maximum atomic E-state index is 13.1. The highest BCUT2D eigenvalue weighted by molar-refractivity contribution is 5.96. The van der Waals surface area contributed by atoms with Gasteiger partial charge in [0.15, 0.2) is 11.6 Å². The van der Waals surface area contributed by atoms with Crippen LogP contribution in [0.2, 0.25) is 0 Å². The Morgan fingerprint density at radius 3 is 2.43 bits per heavy atom. The van der Waals surface area contributed by atoms with Crippen LogP contribution in [0.4, 0.5) is 8.78 Å². The Hall–Kier alpha value is -2.31. The molecule has 1 aromatic carbocycles. The molecule has 1 aromatic rings. The number of ketones is 1. The van der Waals surface area contributed by atoms with E-state index in [1.165, 1.54) is 6.92 Å². The Morgan fingerprint density at radius 2 is 1.90 bits per heavy atom. The number of halogens is 2. The van der Waals surface area contributed by atoms with Gasteiger partial charge in [0.05, 0.1) is 7.11 Å². The Bertz CT molecular complexity index is 560. The molecular formula is C14H15F2NO4. The molecule has 0 aliphatic heterocycles. The first-order chi connectivity index (χ1) is 9.85. The molecule has 21 heavy (non-hydrogen) atoms. The molecule has 7 heteroatoms. The number of rotatable bonds is 6. The fraction of sp³-hybridized carbons (Fsp3) is 0.357. The summed E-state index contributed by atoms with van der Waals surface area (Å²) in [6.45, 7) is 1.35.